The number of aryl methyl sites for hydroxylation is 1. The number of benzene rings is 1. The van der Waals surface area contributed by atoms with E-state index in [9.17, 15) is 14.3 Å². The van der Waals surface area contributed by atoms with Gasteiger partial charge in [0, 0.05) is 30.7 Å². The van der Waals surface area contributed by atoms with E-state index >= 15 is 0 Å². The van der Waals surface area contributed by atoms with E-state index in [-0.39, 0.29) is 11.3 Å². The first-order chi connectivity index (χ1) is 11.1. The predicted molar refractivity (Wildman–Crippen MR) is 88.0 cm³/mol. The van der Waals surface area contributed by atoms with Crippen LogP contribution < -0.4 is 5.56 Å². The number of hydrogen-bond acceptors (Lipinski definition) is 3. The van der Waals surface area contributed by atoms with Crippen molar-refractivity contribution in [2.45, 2.75) is 26.3 Å². The molecule has 0 unspecified atom stereocenters. The molecule has 4 nitrogen and oxygen atoms in total. The summed E-state index contributed by atoms with van der Waals surface area (Å²) in [6, 6.07) is 5.99. The molecule has 1 N–H and O–H groups in total. The van der Waals surface area contributed by atoms with Crippen molar-refractivity contribution >= 4 is 10.8 Å². The summed E-state index contributed by atoms with van der Waals surface area (Å²) < 4.78 is 15.4. The number of nitrogens with zero attached hydrogens (tertiary/aromatic N) is 2. The molecule has 0 atom stereocenters. The van der Waals surface area contributed by atoms with Crippen molar-refractivity contribution in [3.8, 4) is 16.9 Å². The average Bonchev–Trinajstić information content (AvgIpc) is 2.57. The molecule has 0 saturated heterocycles. The number of pyridine rings is 2. The van der Waals surface area contributed by atoms with Crippen LogP contribution in [0.3, 0.4) is 0 Å². The molecule has 3 aromatic rings. The van der Waals surface area contributed by atoms with E-state index in [2.05, 4.69) is 11.9 Å². The Morgan fingerprint density at radius 2 is 2.09 bits per heavy atom. The Bertz CT molecular complexity index is 919. The van der Waals surface area contributed by atoms with Gasteiger partial charge >= 0.3 is 0 Å². The molecule has 2 heterocycles. The van der Waals surface area contributed by atoms with Crippen LogP contribution in [0.15, 0.2) is 47.7 Å². The van der Waals surface area contributed by atoms with E-state index in [1.807, 2.05) is 0 Å². The van der Waals surface area contributed by atoms with Gasteiger partial charge in [-0.1, -0.05) is 19.4 Å². The summed E-state index contributed by atoms with van der Waals surface area (Å²) in [6.07, 6.45) is 6.76. The Balaban J connectivity index is 2.28. The molecule has 2 aromatic heterocycles. The highest BCUT2D eigenvalue weighted by atomic mass is 19.1. The Morgan fingerprint density at radius 1 is 1.26 bits per heavy atom. The van der Waals surface area contributed by atoms with Gasteiger partial charge < -0.3 is 9.67 Å². The van der Waals surface area contributed by atoms with E-state index in [0.29, 0.717) is 17.5 Å². The van der Waals surface area contributed by atoms with Gasteiger partial charge in [0.05, 0.1) is 5.39 Å². The lowest BCUT2D eigenvalue weighted by Gasteiger charge is -2.12. The zero-order valence-electron chi connectivity index (χ0n) is 12.8. The molecular formula is C18H17FN2O2. The zero-order chi connectivity index (χ0) is 16.4. The fourth-order valence-corrected chi connectivity index (χ4v) is 2.64. The number of phenols is 1. The van der Waals surface area contributed by atoms with Crippen LogP contribution in [-0.2, 0) is 6.54 Å². The molecule has 0 fully saturated rings. The molecule has 0 aliphatic heterocycles. The fourth-order valence-electron chi connectivity index (χ4n) is 2.64. The van der Waals surface area contributed by atoms with Gasteiger partial charge in [-0.15, -0.1) is 0 Å². The number of phenolic OH excluding ortho intramolecular Hbond substituents is 1. The second kappa shape index (κ2) is 6.20. The van der Waals surface area contributed by atoms with Crippen molar-refractivity contribution in [1.29, 1.82) is 0 Å². The maximum absolute atomic E-state index is 13.7. The van der Waals surface area contributed by atoms with E-state index in [0.717, 1.165) is 23.8 Å². The van der Waals surface area contributed by atoms with Crippen LogP contribution in [-0.4, -0.2) is 14.7 Å². The van der Waals surface area contributed by atoms with Gasteiger partial charge in [-0.3, -0.25) is 9.78 Å². The normalized spacial score (nSPS) is 11.0. The van der Waals surface area contributed by atoms with Crippen LogP contribution in [0.5, 0.6) is 5.75 Å². The first-order valence-corrected chi connectivity index (χ1v) is 7.58. The predicted octanol–water partition coefficient (Wildman–Crippen LogP) is 3.71. The van der Waals surface area contributed by atoms with E-state index in [1.165, 1.54) is 12.1 Å². The lowest BCUT2D eigenvalue weighted by molar-refractivity contribution is 0.432. The minimum Gasteiger partial charge on any atom is -0.505 e. The third-order valence-electron chi connectivity index (χ3n) is 3.90. The number of aromatic nitrogens is 2. The first-order valence-electron chi connectivity index (χ1n) is 7.58. The quantitative estimate of drug-likeness (QED) is 0.799. The van der Waals surface area contributed by atoms with Crippen LogP contribution in [0.1, 0.15) is 19.8 Å². The average molecular weight is 312 g/mol. The zero-order valence-corrected chi connectivity index (χ0v) is 12.8. The second-order valence-electron chi connectivity index (χ2n) is 5.48. The highest BCUT2D eigenvalue weighted by Crippen LogP contribution is 2.29. The molecule has 0 saturated carbocycles. The highest BCUT2D eigenvalue weighted by Gasteiger charge is 2.12. The molecular weight excluding hydrogens is 295 g/mol. The van der Waals surface area contributed by atoms with Crippen molar-refractivity contribution in [1.82, 2.24) is 9.55 Å². The summed E-state index contributed by atoms with van der Waals surface area (Å²) in [5.74, 6) is -1.07. The molecule has 23 heavy (non-hydrogen) atoms. The van der Waals surface area contributed by atoms with Gasteiger partial charge in [0.25, 0.3) is 5.56 Å². The highest BCUT2D eigenvalue weighted by molar-refractivity contribution is 5.95. The monoisotopic (exact) mass is 312 g/mol. The van der Waals surface area contributed by atoms with Crippen LogP contribution >= 0.6 is 0 Å². The van der Waals surface area contributed by atoms with Crippen LogP contribution in [0.2, 0.25) is 0 Å². The molecule has 0 radical (unpaired) electrons. The lowest BCUT2D eigenvalue weighted by atomic mass is 10.0. The molecule has 118 valence electrons. The Kier molecular flexibility index (Phi) is 4.10. The number of aromatic hydroxyl groups is 1. The third-order valence-corrected chi connectivity index (χ3v) is 3.90. The topological polar surface area (TPSA) is 55.1 Å². The molecule has 0 aliphatic rings. The van der Waals surface area contributed by atoms with Gasteiger partial charge in [-0.2, -0.15) is 0 Å². The minimum absolute atomic E-state index is 0.0930. The van der Waals surface area contributed by atoms with Crippen LogP contribution in [0.25, 0.3) is 21.9 Å². The summed E-state index contributed by atoms with van der Waals surface area (Å²) >= 11 is 0. The molecule has 0 aliphatic carbocycles. The van der Waals surface area contributed by atoms with E-state index < -0.39 is 5.82 Å². The fraction of sp³-hybridized carbons (Fsp3) is 0.222. The number of rotatable bonds is 4. The second-order valence-corrected chi connectivity index (χ2v) is 5.48. The lowest BCUT2D eigenvalue weighted by Crippen LogP contribution is -2.20. The number of unbranched alkanes of at least 4 members (excludes halogenated alkanes) is 1. The Labute approximate surface area is 132 Å². The summed E-state index contributed by atoms with van der Waals surface area (Å²) in [7, 11) is 0. The summed E-state index contributed by atoms with van der Waals surface area (Å²) in [4.78, 5) is 16.6. The van der Waals surface area contributed by atoms with Crippen molar-refractivity contribution < 1.29 is 9.50 Å². The van der Waals surface area contributed by atoms with Gasteiger partial charge in [0.1, 0.15) is 0 Å². The van der Waals surface area contributed by atoms with E-state index in [1.54, 1.807) is 35.3 Å². The molecule has 0 spiro atoms. The molecule has 5 heteroatoms. The van der Waals surface area contributed by atoms with Crippen molar-refractivity contribution in [2.24, 2.45) is 0 Å². The third kappa shape index (κ3) is 2.82. The SMILES string of the molecule is CCCCn1cc(-c2ccc(O)c(F)c2)c2ccncc2c1=O. The molecule has 0 bridgehead atoms. The number of hydrogen-bond donors (Lipinski definition) is 1. The summed E-state index contributed by atoms with van der Waals surface area (Å²) in [5.41, 5.74) is 1.27. The van der Waals surface area contributed by atoms with Crippen molar-refractivity contribution in [3.63, 3.8) is 0 Å². The smallest absolute Gasteiger partial charge is 0.260 e. The minimum atomic E-state index is -0.684. The van der Waals surface area contributed by atoms with Gasteiger partial charge in [0.15, 0.2) is 11.6 Å². The Morgan fingerprint density at radius 3 is 2.83 bits per heavy atom. The molecule has 1 aromatic carbocycles. The molecule has 3 rings (SSSR count). The standard InChI is InChI=1S/C18H17FN2O2/c1-2-3-8-21-11-15(12-4-5-17(22)16(19)9-12)13-6-7-20-10-14(13)18(21)23/h4-7,9-11,22H,2-3,8H2,1H3. The number of fused-ring (bicyclic) bond motifs is 1. The van der Waals surface area contributed by atoms with Crippen molar-refractivity contribution in [2.75, 3.05) is 0 Å². The largest absolute Gasteiger partial charge is 0.505 e. The van der Waals surface area contributed by atoms with E-state index in [4.69, 9.17) is 0 Å². The maximum Gasteiger partial charge on any atom is 0.260 e. The summed E-state index contributed by atoms with van der Waals surface area (Å²) in [5, 5.41) is 10.6. The maximum atomic E-state index is 13.7. The first kappa shape index (κ1) is 15.2. The van der Waals surface area contributed by atoms with Crippen LogP contribution in [0, 0.1) is 5.82 Å². The number of halogens is 1. The Hall–Kier alpha value is -2.69. The van der Waals surface area contributed by atoms with Crippen molar-refractivity contribution in [3.05, 3.63) is 59.0 Å². The van der Waals surface area contributed by atoms with Crippen LogP contribution in [0.4, 0.5) is 4.39 Å². The van der Waals surface area contributed by atoms with Gasteiger partial charge in [-0.25, -0.2) is 4.39 Å². The summed E-state index contributed by atoms with van der Waals surface area (Å²) in [6.45, 7) is 2.66. The van der Waals surface area contributed by atoms with Gasteiger partial charge in [-0.05, 0) is 35.6 Å². The molecule has 0 amide bonds. The van der Waals surface area contributed by atoms with Gasteiger partial charge in [0.2, 0.25) is 0 Å².